The standard InChI is InChI=1S/C16H28/c1-4-10-7-13-9-14(10)16-12(6-3)8-11(5-2)15(13)16/h10-16H,4-9H2,1-3H3. The highest BCUT2D eigenvalue weighted by Crippen LogP contribution is 2.65. The Morgan fingerprint density at radius 1 is 0.688 bits per heavy atom. The first-order chi connectivity index (χ1) is 7.80. The fourth-order valence-electron chi connectivity index (χ4n) is 6.00. The first-order valence-electron chi connectivity index (χ1n) is 7.80. The van der Waals surface area contributed by atoms with Crippen molar-refractivity contribution in [3.8, 4) is 0 Å². The minimum atomic E-state index is 1.10. The van der Waals surface area contributed by atoms with Crippen molar-refractivity contribution in [1.82, 2.24) is 0 Å². The molecule has 7 unspecified atom stereocenters. The summed E-state index contributed by atoms with van der Waals surface area (Å²) in [4.78, 5) is 0. The third kappa shape index (κ3) is 1.34. The molecule has 0 aromatic heterocycles. The lowest BCUT2D eigenvalue weighted by Gasteiger charge is -2.35. The molecule has 16 heavy (non-hydrogen) atoms. The zero-order chi connectivity index (χ0) is 11.3. The molecule has 0 N–H and O–H groups in total. The van der Waals surface area contributed by atoms with Gasteiger partial charge < -0.3 is 0 Å². The first-order valence-corrected chi connectivity index (χ1v) is 7.80. The van der Waals surface area contributed by atoms with Gasteiger partial charge in [-0.1, -0.05) is 40.0 Å². The predicted octanol–water partition coefficient (Wildman–Crippen LogP) is 4.74. The Hall–Kier alpha value is 0. The van der Waals surface area contributed by atoms with Gasteiger partial charge in [0.1, 0.15) is 0 Å². The van der Waals surface area contributed by atoms with Crippen LogP contribution in [0.2, 0.25) is 0 Å². The smallest absolute Gasteiger partial charge is 0.0321 e. The normalized spacial score (nSPS) is 54.6. The SMILES string of the molecule is CCC1CC2CC1C1C(CC)CC(CC)C21. The van der Waals surface area contributed by atoms with Crippen molar-refractivity contribution in [3.63, 3.8) is 0 Å². The quantitative estimate of drug-likeness (QED) is 0.644. The van der Waals surface area contributed by atoms with Crippen LogP contribution in [0.15, 0.2) is 0 Å². The summed E-state index contributed by atoms with van der Waals surface area (Å²) in [7, 11) is 0. The van der Waals surface area contributed by atoms with E-state index in [4.69, 9.17) is 0 Å². The first kappa shape index (κ1) is 11.1. The Labute approximate surface area is 101 Å². The Balaban J connectivity index is 1.84. The van der Waals surface area contributed by atoms with Gasteiger partial charge in [-0.3, -0.25) is 0 Å². The van der Waals surface area contributed by atoms with E-state index in [1.54, 1.807) is 19.3 Å². The molecule has 0 saturated heterocycles. The maximum Gasteiger partial charge on any atom is -0.0321 e. The lowest BCUT2D eigenvalue weighted by Crippen LogP contribution is -2.29. The van der Waals surface area contributed by atoms with Crippen LogP contribution < -0.4 is 0 Å². The third-order valence-electron chi connectivity index (χ3n) is 6.54. The van der Waals surface area contributed by atoms with Crippen LogP contribution in [0.3, 0.4) is 0 Å². The molecule has 3 rings (SSSR count). The summed E-state index contributed by atoms with van der Waals surface area (Å²) in [5.74, 6) is 7.89. The molecule has 92 valence electrons. The number of fused-ring (bicyclic) bond motifs is 5. The van der Waals surface area contributed by atoms with Gasteiger partial charge in [-0.15, -0.1) is 0 Å². The predicted molar refractivity (Wildman–Crippen MR) is 69.2 cm³/mol. The van der Waals surface area contributed by atoms with Crippen LogP contribution in [0.5, 0.6) is 0 Å². The summed E-state index contributed by atoms with van der Waals surface area (Å²) in [6, 6.07) is 0. The van der Waals surface area contributed by atoms with Crippen LogP contribution in [0.1, 0.15) is 59.3 Å². The molecule has 0 radical (unpaired) electrons. The molecule has 0 nitrogen and oxygen atoms in total. The van der Waals surface area contributed by atoms with Crippen LogP contribution in [-0.2, 0) is 0 Å². The second kappa shape index (κ2) is 4.03. The zero-order valence-electron chi connectivity index (χ0n) is 11.3. The lowest BCUT2D eigenvalue weighted by molar-refractivity contribution is 0.131. The van der Waals surface area contributed by atoms with E-state index in [-0.39, 0.29) is 0 Å². The fourth-order valence-corrected chi connectivity index (χ4v) is 6.00. The van der Waals surface area contributed by atoms with Crippen LogP contribution >= 0.6 is 0 Å². The van der Waals surface area contributed by atoms with Gasteiger partial charge in [-0.25, -0.2) is 0 Å². The molecule has 2 bridgehead atoms. The van der Waals surface area contributed by atoms with Crippen molar-refractivity contribution in [3.05, 3.63) is 0 Å². The van der Waals surface area contributed by atoms with Gasteiger partial charge in [-0.05, 0) is 60.7 Å². The summed E-state index contributed by atoms with van der Waals surface area (Å²) in [6.07, 6.45) is 9.15. The summed E-state index contributed by atoms with van der Waals surface area (Å²) < 4.78 is 0. The van der Waals surface area contributed by atoms with E-state index in [2.05, 4.69) is 20.8 Å². The van der Waals surface area contributed by atoms with Crippen molar-refractivity contribution in [2.75, 3.05) is 0 Å². The van der Waals surface area contributed by atoms with Gasteiger partial charge in [0, 0.05) is 0 Å². The van der Waals surface area contributed by atoms with E-state index in [0.717, 1.165) is 41.4 Å². The van der Waals surface area contributed by atoms with Gasteiger partial charge in [-0.2, -0.15) is 0 Å². The molecule has 0 heteroatoms. The second-order valence-electron chi connectivity index (χ2n) is 6.79. The van der Waals surface area contributed by atoms with Crippen molar-refractivity contribution in [2.24, 2.45) is 41.4 Å². The average molecular weight is 220 g/mol. The van der Waals surface area contributed by atoms with Crippen molar-refractivity contribution in [2.45, 2.75) is 59.3 Å². The van der Waals surface area contributed by atoms with E-state index < -0.39 is 0 Å². The highest BCUT2D eigenvalue weighted by Gasteiger charge is 2.58. The Bertz CT molecular complexity index is 257. The highest BCUT2D eigenvalue weighted by molar-refractivity contribution is 5.07. The fraction of sp³-hybridized carbons (Fsp3) is 1.00. The van der Waals surface area contributed by atoms with E-state index >= 15 is 0 Å². The molecular weight excluding hydrogens is 192 g/mol. The molecule has 3 saturated carbocycles. The number of rotatable bonds is 3. The molecule has 7 atom stereocenters. The summed E-state index contributed by atoms with van der Waals surface area (Å²) in [6.45, 7) is 7.29. The molecule has 0 aliphatic heterocycles. The third-order valence-corrected chi connectivity index (χ3v) is 6.54. The van der Waals surface area contributed by atoms with Crippen LogP contribution in [0.25, 0.3) is 0 Å². The summed E-state index contributed by atoms with van der Waals surface area (Å²) >= 11 is 0. The minimum absolute atomic E-state index is 1.10. The number of hydrogen-bond donors (Lipinski definition) is 0. The second-order valence-corrected chi connectivity index (χ2v) is 6.79. The van der Waals surface area contributed by atoms with Crippen molar-refractivity contribution in [1.29, 1.82) is 0 Å². The van der Waals surface area contributed by atoms with Gasteiger partial charge in [0.2, 0.25) is 0 Å². The molecule has 0 amide bonds. The Morgan fingerprint density at radius 3 is 1.94 bits per heavy atom. The van der Waals surface area contributed by atoms with E-state index in [1.807, 2.05) is 0 Å². The Kier molecular flexibility index (Phi) is 2.80. The molecule has 3 aliphatic carbocycles. The summed E-state index contributed by atoms with van der Waals surface area (Å²) in [5.41, 5.74) is 0. The summed E-state index contributed by atoms with van der Waals surface area (Å²) in [5, 5.41) is 0. The van der Waals surface area contributed by atoms with Gasteiger partial charge in [0.15, 0.2) is 0 Å². The topological polar surface area (TPSA) is 0 Å². The monoisotopic (exact) mass is 220 g/mol. The minimum Gasteiger partial charge on any atom is -0.0651 e. The average Bonchev–Trinajstić information content (AvgIpc) is 2.97. The molecule has 3 aliphatic rings. The molecule has 0 spiro atoms. The van der Waals surface area contributed by atoms with Crippen molar-refractivity contribution >= 4 is 0 Å². The lowest BCUT2D eigenvalue weighted by atomic mass is 9.70. The van der Waals surface area contributed by atoms with Crippen molar-refractivity contribution < 1.29 is 0 Å². The molecule has 0 aromatic rings. The highest BCUT2D eigenvalue weighted by atomic mass is 14.6. The van der Waals surface area contributed by atoms with Crippen LogP contribution in [0.4, 0.5) is 0 Å². The van der Waals surface area contributed by atoms with E-state index in [1.165, 1.54) is 19.3 Å². The molecule has 3 fully saturated rings. The van der Waals surface area contributed by atoms with Crippen LogP contribution in [-0.4, -0.2) is 0 Å². The molecule has 0 aromatic carbocycles. The van der Waals surface area contributed by atoms with Gasteiger partial charge >= 0.3 is 0 Å². The maximum absolute atomic E-state index is 2.44. The number of hydrogen-bond acceptors (Lipinski definition) is 0. The van der Waals surface area contributed by atoms with E-state index in [0.29, 0.717) is 0 Å². The largest absolute Gasteiger partial charge is 0.0651 e. The van der Waals surface area contributed by atoms with Gasteiger partial charge in [0.05, 0.1) is 0 Å². The van der Waals surface area contributed by atoms with Crippen LogP contribution in [0, 0.1) is 41.4 Å². The molecular formula is C16H28. The van der Waals surface area contributed by atoms with E-state index in [9.17, 15) is 0 Å². The Morgan fingerprint density at radius 2 is 1.31 bits per heavy atom. The molecule has 0 heterocycles. The zero-order valence-corrected chi connectivity index (χ0v) is 11.3. The maximum atomic E-state index is 2.44. The van der Waals surface area contributed by atoms with Gasteiger partial charge in [0.25, 0.3) is 0 Å².